The lowest BCUT2D eigenvalue weighted by Gasteiger charge is -2.06. The maximum atomic E-state index is 8.76. The van der Waals surface area contributed by atoms with Gasteiger partial charge in [-0.15, -0.1) is 0 Å². The quantitative estimate of drug-likeness (QED) is 0.617. The van der Waals surface area contributed by atoms with Gasteiger partial charge in [0.25, 0.3) is 0 Å². The molecule has 4 heteroatoms. The number of hydrogen-bond acceptors (Lipinski definition) is 3. The summed E-state index contributed by atoms with van der Waals surface area (Å²) in [7, 11) is 1.82. The van der Waals surface area contributed by atoms with Crippen molar-refractivity contribution >= 4 is 0 Å². The van der Waals surface area contributed by atoms with Crippen LogP contribution in [0.3, 0.4) is 0 Å². The zero-order valence-electron chi connectivity index (χ0n) is 6.78. The van der Waals surface area contributed by atoms with Gasteiger partial charge in [-0.1, -0.05) is 0 Å². The van der Waals surface area contributed by atoms with Gasteiger partial charge in [0.05, 0.1) is 24.0 Å². The molecule has 62 valence electrons. The standard InChI is InChI=1S/C7H13N3O/c1-5-3-7(6(8)4-11)10(2)9-5/h3,6,11H,4,8H2,1-2H3. The predicted octanol–water partition coefficient (Wildman–Crippen LogP) is -0.279. The van der Waals surface area contributed by atoms with E-state index in [1.807, 2.05) is 20.0 Å². The molecule has 0 radical (unpaired) electrons. The molecule has 0 aromatic carbocycles. The summed E-state index contributed by atoms with van der Waals surface area (Å²) in [6.07, 6.45) is 0. The number of aliphatic hydroxyl groups is 1. The second kappa shape index (κ2) is 3.02. The third-order valence-electron chi connectivity index (χ3n) is 1.61. The van der Waals surface area contributed by atoms with Gasteiger partial charge in [0, 0.05) is 7.05 Å². The summed E-state index contributed by atoms with van der Waals surface area (Å²) in [5.41, 5.74) is 7.39. The Morgan fingerprint density at radius 1 is 1.82 bits per heavy atom. The maximum absolute atomic E-state index is 8.76. The van der Waals surface area contributed by atoms with Gasteiger partial charge < -0.3 is 10.8 Å². The average Bonchev–Trinajstić information content (AvgIpc) is 2.28. The molecule has 0 saturated heterocycles. The van der Waals surface area contributed by atoms with Crippen molar-refractivity contribution in [3.05, 3.63) is 17.5 Å². The average molecular weight is 155 g/mol. The number of nitrogens with zero attached hydrogens (tertiary/aromatic N) is 2. The fourth-order valence-electron chi connectivity index (χ4n) is 1.07. The second-order valence-corrected chi connectivity index (χ2v) is 2.62. The molecule has 0 saturated carbocycles. The van der Waals surface area contributed by atoms with Gasteiger partial charge in [-0.2, -0.15) is 5.10 Å². The van der Waals surface area contributed by atoms with E-state index >= 15 is 0 Å². The molecule has 0 amide bonds. The van der Waals surface area contributed by atoms with Gasteiger partial charge >= 0.3 is 0 Å². The first-order valence-corrected chi connectivity index (χ1v) is 3.52. The van der Waals surface area contributed by atoms with Gasteiger partial charge in [0.2, 0.25) is 0 Å². The number of aryl methyl sites for hydroxylation is 2. The van der Waals surface area contributed by atoms with E-state index in [2.05, 4.69) is 5.10 Å². The lowest BCUT2D eigenvalue weighted by molar-refractivity contribution is 0.263. The summed E-state index contributed by atoms with van der Waals surface area (Å²) in [6.45, 7) is 1.85. The molecule has 0 aliphatic carbocycles. The van der Waals surface area contributed by atoms with E-state index in [-0.39, 0.29) is 12.6 Å². The van der Waals surface area contributed by atoms with Crippen LogP contribution >= 0.6 is 0 Å². The van der Waals surface area contributed by atoms with Crippen LogP contribution in [-0.2, 0) is 7.05 Å². The molecule has 11 heavy (non-hydrogen) atoms. The topological polar surface area (TPSA) is 64.1 Å². The molecular formula is C7H13N3O. The Labute approximate surface area is 65.6 Å². The van der Waals surface area contributed by atoms with Crippen molar-refractivity contribution in [2.75, 3.05) is 6.61 Å². The molecule has 0 bridgehead atoms. The molecule has 0 aliphatic heterocycles. The minimum Gasteiger partial charge on any atom is -0.394 e. The van der Waals surface area contributed by atoms with Crippen LogP contribution in [0.25, 0.3) is 0 Å². The van der Waals surface area contributed by atoms with E-state index in [1.165, 1.54) is 0 Å². The first-order chi connectivity index (χ1) is 5.15. The highest BCUT2D eigenvalue weighted by molar-refractivity contribution is 5.12. The van der Waals surface area contributed by atoms with Crippen LogP contribution in [0, 0.1) is 6.92 Å². The van der Waals surface area contributed by atoms with Crippen molar-refractivity contribution in [1.82, 2.24) is 9.78 Å². The summed E-state index contributed by atoms with van der Waals surface area (Å²) in [5.74, 6) is 0. The van der Waals surface area contributed by atoms with Crippen LogP contribution in [0.5, 0.6) is 0 Å². The van der Waals surface area contributed by atoms with Crippen LogP contribution < -0.4 is 5.73 Å². The molecule has 1 heterocycles. The smallest absolute Gasteiger partial charge is 0.0701 e. The Morgan fingerprint density at radius 2 is 2.45 bits per heavy atom. The molecular weight excluding hydrogens is 142 g/mol. The Balaban J connectivity index is 2.93. The molecule has 1 aromatic rings. The van der Waals surface area contributed by atoms with Crippen molar-refractivity contribution in [3.63, 3.8) is 0 Å². The van der Waals surface area contributed by atoms with Crippen LogP contribution in [0.4, 0.5) is 0 Å². The van der Waals surface area contributed by atoms with E-state index in [0.29, 0.717) is 0 Å². The minimum absolute atomic E-state index is 0.0427. The van der Waals surface area contributed by atoms with E-state index in [4.69, 9.17) is 10.8 Å². The fraction of sp³-hybridized carbons (Fsp3) is 0.571. The maximum Gasteiger partial charge on any atom is 0.0701 e. The van der Waals surface area contributed by atoms with Crippen LogP contribution in [0.2, 0.25) is 0 Å². The van der Waals surface area contributed by atoms with Gasteiger partial charge in [-0.3, -0.25) is 4.68 Å². The summed E-state index contributed by atoms with van der Waals surface area (Å²) in [6, 6.07) is 1.56. The van der Waals surface area contributed by atoms with E-state index < -0.39 is 0 Å². The Kier molecular flexibility index (Phi) is 2.26. The molecule has 1 unspecified atom stereocenters. The van der Waals surface area contributed by atoms with Gasteiger partial charge in [0.15, 0.2) is 0 Å². The van der Waals surface area contributed by atoms with E-state index in [9.17, 15) is 0 Å². The van der Waals surface area contributed by atoms with E-state index in [1.54, 1.807) is 4.68 Å². The Hall–Kier alpha value is -0.870. The molecule has 0 aliphatic rings. The highest BCUT2D eigenvalue weighted by Crippen LogP contribution is 2.09. The van der Waals surface area contributed by atoms with Gasteiger partial charge in [-0.05, 0) is 13.0 Å². The SMILES string of the molecule is Cc1cc(C(N)CO)n(C)n1. The van der Waals surface area contributed by atoms with Gasteiger partial charge in [-0.25, -0.2) is 0 Å². The monoisotopic (exact) mass is 155 g/mol. The van der Waals surface area contributed by atoms with Gasteiger partial charge in [0.1, 0.15) is 0 Å². The molecule has 1 atom stereocenters. The normalized spacial score (nSPS) is 13.5. The highest BCUT2D eigenvalue weighted by Gasteiger charge is 2.09. The minimum atomic E-state index is -0.318. The first-order valence-electron chi connectivity index (χ1n) is 3.52. The third-order valence-corrected chi connectivity index (χ3v) is 1.61. The second-order valence-electron chi connectivity index (χ2n) is 2.62. The first kappa shape index (κ1) is 8.23. The lowest BCUT2D eigenvalue weighted by atomic mass is 10.2. The number of aliphatic hydroxyl groups excluding tert-OH is 1. The zero-order valence-corrected chi connectivity index (χ0v) is 6.78. The lowest BCUT2D eigenvalue weighted by Crippen LogP contribution is -2.17. The summed E-state index contributed by atoms with van der Waals surface area (Å²) >= 11 is 0. The number of aromatic nitrogens is 2. The molecule has 4 nitrogen and oxygen atoms in total. The Bertz CT molecular complexity index is 244. The van der Waals surface area contributed by atoms with Crippen LogP contribution in [0.15, 0.2) is 6.07 Å². The number of nitrogens with two attached hydrogens (primary N) is 1. The summed E-state index contributed by atoms with van der Waals surface area (Å²) < 4.78 is 1.69. The highest BCUT2D eigenvalue weighted by atomic mass is 16.3. The van der Waals surface area contributed by atoms with E-state index in [0.717, 1.165) is 11.4 Å². The van der Waals surface area contributed by atoms with Crippen molar-refractivity contribution < 1.29 is 5.11 Å². The summed E-state index contributed by atoms with van der Waals surface area (Å²) in [4.78, 5) is 0. The molecule has 0 fully saturated rings. The molecule has 3 N–H and O–H groups in total. The largest absolute Gasteiger partial charge is 0.394 e. The number of rotatable bonds is 2. The van der Waals surface area contributed by atoms with Crippen LogP contribution in [0.1, 0.15) is 17.4 Å². The van der Waals surface area contributed by atoms with Crippen molar-refractivity contribution in [2.24, 2.45) is 12.8 Å². The van der Waals surface area contributed by atoms with Crippen molar-refractivity contribution in [3.8, 4) is 0 Å². The third kappa shape index (κ3) is 1.58. The van der Waals surface area contributed by atoms with Crippen molar-refractivity contribution in [2.45, 2.75) is 13.0 Å². The fourth-order valence-corrected chi connectivity index (χ4v) is 1.07. The number of hydrogen-bond donors (Lipinski definition) is 2. The Morgan fingerprint density at radius 3 is 2.82 bits per heavy atom. The van der Waals surface area contributed by atoms with Crippen molar-refractivity contribution in [1.29, 1.82) is 0 Å². The van der Waals surface area contributed by atoms with Crippen LogP contribution in [-0.4, -0.2) is 21.5 Å². The predicted molar refractivity (Wildman–Crippen MR) is 42.0 cm³/mol. The molecule has 1 aromatic heterocycles. The molecule has 1 rings (SSSR count). The zero-order chi connectivity index (χ0) is 8.43. The summed E-state index contributed by atoms with van der Waals surface area (Å²) in [5, 5.41) is 12.9. The molecule has 0 spiro atoms.